The summed E-state index contributed by atoms with van der Waals surface area (Å²) in [5, 5.41) is 10.7. The van der Waals surface area contributed by atoms with E-state index in [-0.39, 0.29) is 5.82 Å². The quantitative estimate of drug-likeness (QED) is 0.884. The van der Waals surface area contributed by atoms with Crippen LogP contribution in [0.2, 0.25) is 0 Å². The largest absolute Gasteiger partial charge is 0.408 e. The highest BCUT2D eigenvalue weighted by Gasteiger charge is 2.06. The number of hydrogen-bond acceptors (Lipinski definition) is 4. The Kier molecular flexibility index (Phi) is 3.92. The van der Waals surface area contributed by atoms with Crippen LogP contribution in [0.25, 0.3) is 0 Å². The summed E-state index contributed by atoms with van der Waals surface area (Å²) < 4.78 is 18.9. The summed E-state index contributed by atoms with van der Waals surface area (Å²) in [5.74, 6) is 0.367. The number of nitrogens with one attached hydrogen (secondary N) is 1. The van der Waals surface area contributed by atoms with E-state index in [9.17, 15) is 4.39 Å². The van der Waals surface area contributed by atoms with E-state index in [1.165, 1.54) is 6.07 Å². The third-order valence-electron chi connectivity index (χ3n) is 2.56. The van der Waals surface area contributed by atoms with Gasteiger partial charge in [0.15, 0.2) is 0 Å². The second kappa shape index (κ2) is 5.62. The monoisotopic (exact) mass is 249 g/mol. The van der Waals surface area contributed by atoms with Gasteiger partial charge in [0.25, 0.3) is 0 Å². The van der Waals surface area contributed by atoms with Gasteiger partial charge in [-0.05, 0) is 19.4 Å². The van der Waals surface area contributed by atoms with Crippen LogP contribution in [0.4, 0.5) is 10.4 Å². The Morgan fingerprint density at radius 3 is 2.94 bits per heavy atom. The number of aromatic nitrogens is 2. The molecule has 5 heteroatoms. The molecule has 2 rings (SSSR count). The molecule has 0 fully saturated rings. The Balaban J connectivity index is 1.99. The number of aryl methyl sites for hydroxylation is 2. The molecule has 1 N–H and O–H groups in total. The minimum Gasteiger partial charge on any atom is -0.408 e. The summed E-state index contributed by atoms with van der Waals surface area (Å²) in [7, 11) is 0. The maximum Gasteiger partial charge on any atom is 0.315 e. The van der Waals surface area contributed by atoms with Crippen LogP contribution in [0.1, 0.15) is 30.4 Å². The zero-order chi connectivity index (χ0) is 13.0. The average molecular weight is 249 g/mol. The van der Waals surface area contributed by atoms with E-state index in [1.54, 1.807) is 12.1 Å². The van der Waals surface area contributed by atoms with Crippen molar-refractivity contribution in [3.8, 4) is 0 Å². The Bertz CT molecular complexity index is 525. The first-order chi connectivity index (χ1) is 8.69. The molecule has 2 aromatic rings. The van der Waals surface area contributed by atoms with Crippen LogP contribution in [-0.2, 0) is 13.0 Å². The molecule has 0 unspecified atom stereocenters. The molecular weight excluding hydrogens is 233 g/mol. The molecule has 0 aliphatic carbocycles. The first-order valence-electron chi connectivity index (χ1n) is 6.00. The van der Waals surface area contributed by atoms with Gasteiger partial charge in [0.05, 0.1) is 0 Å². The van der Waals surface area contributed by atoms with Crippen LogP contribution in [0.5, 0.6) is 0 Å². The van der Waals surface area contributed by atoms with Crippen molar-refractivity contribution in [3.63, 3.8) is 0 Å². The fourth-order valence-corrected chi connectivity index (χ4v) is 1.65. The molecule has 0 aliphatic rings. The van der Waals surface area contributed by atoms with Crippen molar-refractivity contribution in [2.24, 2.45) is 0 Å². The molecule has 0 saturated carbocycles. The highest BCUT2D eigenvalue weighted by molar-refractivity contribution is 5.28. The number of hydrogen-bond donors (Lipinski definition) is 1. The molecule has 0 radical (unpaired) electrons. The number of rotatable bonds is 5. The summed E-state index contributed by atoms with van der Waals surface area (Å²) in [6.45, 7) is 4.30. The lowest BCUT2D eigenvalue weighted by Gasteiger charge is -2.04. The van der Waals surface area contributed by atoms with E-state index in [0.717, 1.165) is 18.4 Å². The van der Waals surface area contributed by atoms with Crippen molar-refractivity contribution in [2.45, 2.75) is 33.2 Å². The molecule has 96 valence electrons. The van der Waals surface area contributed by atoms with Crippen LogP contribution in [0.3, 0.4) is 0 Å². The molecule has 0 spiro atoms. The fraction of sp³-hybridized carbons (Fsp3) is 0.385. The lowest BCUT2D eigenvalue weighted by Crippen LogP contribution is -2.02. The molecule has 4 nitrogen and oxygen atoms in total. The fourth-order valence-electron chi connectivity index (χ4n) is 1.65. The van der Waals surface area contributed by atoms with E-state index in [0.29, 0.717) is 24.0 Å². The average Bonchev–Trinajstić information content (AvgIpc) is 2.79. The summed E-state index contributed by atoms with van der Waals surface area (Å²) in [5.41, 5.74) is 1.61. The molecule has 0 bridgehead atoms. The van der Waals surface area contributed by atoms with Crippen LogP contribution >= 0.6 is 0 Å². The van der Waals surface area contributed by atoms with Crippen molar-refractivity contribution < 1.29 is 8.81 Å². The number of nitrogens with zero attached hydrogens (tertiary/aromatic N) is 2. The predicted octanol–water partition coefficient (Wildman–Crippen LogP) is 3.08. The van der Waals surface area contributed by atoms with Crippen LogP contribution in [-0.4, -0.2) is 10.2 Å². The lowest BCUT2D eigenvalue weighted by atomic mass is 10.1. The van der Waals surface area contributed by atoms with Gasteiger partial charge in [0.1, 0.15) is 5.82 Å². The molecule has 0 aliphatic heterocycles. The van der Waals surface area contributed by atoms with Gasteiger partial charge >= 0.3 is 6.01 Å². The molecule has 1 aromatic heterocycles. The first-order valence-corrected chi connectivity index (χ1v) is 6.00. The van der Waals surface area contributed by atoms with Crippen LogP contribution in [0, 0.1) is 12.7 Å². The smallest absolute Gasteiger partial charge is 0.315 e. The standard InChI is InChI=1S/C13H16FN3O/c1-3-4-12-16-17-13(18-12)15-8-10-7-9(2)5-6-11(10)14/h5-7H,3-4,8H2,1-2H3,(H,15,17). The van der Waals surface area contributed by atoms with Crippen LogP contribution in [0.15, 0.2) is 22.6 Å². The van der Waals surface area contributed by atoms with Crippen molar-refractivity contribution >= 4 is 6.01 Å². The Labute approximate surface area is 105 Å². The minimum absolute atomic E-state index is 0.235. The van der Waals surface area contributed by atoms with E-state index >= 15 is 0 Å². The van der Waals surface area contributed by atoms with Crippen molar-refractivity contribution in [3.05, 3.63) is 41.0 Å². The summed E-state index contributed by atoms with van der Waals surface area (Å²) in [4.78, 5) is 0. The zero-order valence-corrected chi connectivity index (χ0v) is 10.5. The lowest BCUT2D eigenvalue weighted by molar-refractivity contribution is 0.500. The Hall–Kier alpha value is -1.91. The van der Waals surface area contributed by atoms with Gasteiger partial charge in [-0.25, -0.2) is 4.39 Å². The number of anilines is 1. The van der Waals surface area contributed by atoms with Crippen LogP contribution < -0.4 is 5.32 Å². The maximum atomic E-state index is 13.5. The zero-order valence-electron chi connectivity index (χ0n) is 10.5. The SMILES string of the molecule is CCCc1nnc(NCc2cc(C)ccc2F)o1. The van der Waals surface area contributed by atoms with Gasteiger partial charge in [0.2, 0.25) is 5.89 Å². The maximum absolute atomic E-state index is 13.5. The Morgan fingerprint density at radius 2 is 2.17 bits per heavy atom. The topological polar surface area (TPSA) is 51.0 Å². The minimum atomic E-state index is -0.235. The number of halogens is 1. The summed E-state index contributed by atoms with van der Waals surface area (Å²) in [6, 6.07) is 5.33. The van der Waals surface area contributed by atoms with Crippen molar-refractivity contribution in [2.75, 3.05) is 5.32 Å². The predicted molar refractivity (Wildman–Crippen MR) is 66.8 cm³/mol. The summed E-state index contributed by atoms with van der Waals surface area (Å²) >= 11 is 0. The van der Waals surface area contributed by atoms with Gasteiger partial charge in [-0.1, -0.05) is 29.7 Å². The highest BCUT2D eigenvalue weighted by atomic mass is 19.1. The van der Waals surface area contributed by atoms with E-state index < -0.39 is 0 Å². The molecule has 1 aromatic carbocycles. The second-order valence-corrected chi connectivity index (χ2v) is 4.20. The molecule has 0 saturated heterocycles. The normalized spacial score (nSPS) is 10.6. The Morgan fingerprint density at radius 1 is 1.33 bits per heavy atom. The van der Waals surface area contributed by atoms with Crippen molar-refractivity contribution in [1.29, 1.82) is 0 Å². The van der Waals surface area contributed by atoms with Gasteiger partial charge in [-0.3, -0.25) is 0 Å². The third kappa shape index (κ3) is 3.06. The highest BCUT2D eigenvalue weighted by Crippen LogP contribution is 2.13. The van der Waals surface area contributed by atoms with E-state index in [2.05, 4.69) is 15.5 Å². The molecule has 0 atom stereocenters. The molecule has 1 heterocycles. The summed E-state index contributed by atoms with van der Waals surface area (Å²) in [6.07, 6.45) is 1.71. The van der Waals surface area contributed by atoms with Gasteiger partial charge < -0.3 is 9.73 Å². The molecular formula is C13H16FN3O. The van der Waals surface area contributed by atoms with E-state index in [1.807, 2.05) is 13.8 Å². The van der Waals surface area contributed by atoms with Gasteiger partial charge in [0, 0.05) is 18.5 Å². The molecule has 18 heavy (non-hydrogen) atoms. The van der Waals surface area contributed by atoms with Gasteiger partial charge in [-0.15, -0.1) is 5.10 Å². The van der Waals surface area contributed by atoms with E-state index in [4.69, 9.17) is 4.42 Å². The van der Waals surface area contributed by atoms with Gasteiger partial charge in [-0.2, -0.15) is 0 Å². The number of benzene rings is 1. The second-order valence-electron chi connectivity index (χ2n) is 4.20. The third-order valence-corrected chi connectivity index (χ3v) is 2.56. The molecule has 0 amide bonds. The van der Waals surface area contributed by atoms with Crippen molar-refractivity contribution in [1.82, 2.24) is 10.2 Å². The first kappa shape index (κ1) is 12.5.